The Kier molecular flexibility index (Phi) is 5.78. The van der Waals surface area contributed by atoms with Gasteiger partial charge in [-0.3, -0.25) is 4.79 Å². The Labute approximate surface area is 117 Å². The van der Waals surface area contributed by atoms with Gasteiger partial charge >= 0.3 is 5.97 Å². The van der Waals surface area contributed by atoms with Gasteiger partial charge in [-0.25, -0.2) is 4.79 Å². The van der Waals surface area contributed by atoms with Gasteiger partial charge in [-0.15, -0.1) is 0 Å². The predicted octanol–water partition coefficient (Wildman–Crippen LogP) is 0.967. The zero-order chi connectivity index (χ0) is 15.0. The summed E-state index contributed by atoms with van der Waals surface area (Å²) in [6.45, 7) is 0. The van der Waals surface area contributed by atoms with Crippen molar-refractivity contribution in [3.63, 3.8) is 0 Å². The topological polar surface area (TPSA) is 91.2 Å². The predicted molar refractivity (Wildman–Crippen MR) is 73.5 cm³/mol. The molecule has 0 unspecified atom stereocenters. The molecule has 1 aromatic carbocycles. The van der Waals surface area contributed by atoms with Gasteiger partial charge < -0.3 is 15.4 Å². The molecule has 0 spiro atoms. The van der Waals surface area contributed by atoms with Crippen LogP contribution in [-0.2, 0) is 20.7 Å². The Hall–Kier alpha value is -2.81. The number of nitrogens with one attached hydrogen (secondary N) is 2. The Bertz CT molecular complexity index is 556. The molecule has 0 radical (unpaired) electrons. The van der Waals surface area contributed by atoms with Crippen molar-refractivity contribution in [2.24, 2.45) is 0 Å². The van der Waals surface area contributed by atoms with Crippen LogP contribution in [0.2, 0.25) is 0 Å². The minimum absolute atomic E-state index is 0.0666. The summed E-state index contributed by atoms with van der Waals surface area (Å²) < 4.78 is 4.45. The molecule has 1 amide bonds. The number of amides is 1. The van der Waals surface area contributed by atoms with E-state index in [1.807, 2.05) is 0 Å². The molecule has 20 heavy (non-hydrogen) atoms. The molecule has 0 aliphatic heterocycles. The van der Waals surface area contributed by atoms with Gasteiger partial charge in [0.2, 0.25) is 5.91 Å². The largest absolute Gasteiger partial charge is 0.465 e. The summed E-state index contributed by atoms with van der Waals surface area (Å²) in [5.74, 6) is -0.765. The number of ether oxygens (including phenoxy) is 1. The maximum Gasteiger partial charge on any atom is 0.350 e. The molecule has 6 nitrogen and oxygen atoms in total. The fourth-order valence-corrected chi connectivity index (χ4v) is 1.39. The van der Waals surface area contributed by atoms with Gasteiger partial charge in [0.25, 0.3) is 0 Å². The summed E-state index contributed by atoms with van der Waals surface area (Å²) in [5, 5.41) is 14.1. The number of hydrogen-bond donors (Lipinski definition) is 2. The molecule has 1 rings (SSSR count). The number of rotatable bonds is 5. The molecular formula is C14H15N3O3. The summed E-state index contributed by atoms with van der Waals surface area (Å²) in [4.78, 5) is 22.4. The molecule has 0 saturated carbocycles. The van der Waals surface area contributed by atoms with E-state index in [0.29, 0.717) is 12.1 Å². The van der Waals surface area contributed by atoms with E-state index in [2.05, 4.69) is 15.4 Å². The molecule has 0 fully saturated rings. The second-order valence-corrected chi connectivity index (χ2v) is 3.85. The summed E-state index contributed by atoms with van der Waals surface area (Å²) in [7, 11) is 2.79. The van der Waals surface area contributed by atoms with E-state index in [9.17, 15) is 9.59 Å². The standard InChI is InChI=1S/C14H15N3O3/c1-16-13(18)7-10-3-5-12(6-4-10)17-9-11(8-15)14(19)20-2/h3-6,9,17H,7H2,1-2H3,(H,16,18)/b11-9-. The monoisotopic (exact) mass is 273 g/mol. The Morgan fingerprint density at radius 2 is 2.00 bits per heavy atom. The molecule has 2 N–H and O–H groups in total. The number of nitriles is 1. The Balaban J connectivity index is 2.71. The van der Waals surface area contributed by atoms with Crippen molar-refractivity contribution in [2.75, 3.05) is 19.5 Å². The van der Waals surface area contributed by atoms with Gasteiger partial charge in [0, 0.05) is 18.9 Å². The molecule has 0 aliphatic rings. The highest BCUT2D eigenvalue weighted by Gasteiger charge is 2.07. The van der Waals surface area contributed by atoms with Crippen LogP contribution in [0.5, 0.6) is 0 Å². The number of nitrogens with zero attached hydrogens (tertiary/aromatic N) is 1. The van der Waals surface area contributed by atoms with Crippen LogP contribution in [0, 0.1) is 11.3 Å². The van der Waals surface area contributed by atoms with E-state index in [4.69, 9.17) is 5.26 Å². The minimum Gasteiger partial charge on any atom is -0.465 e. The second kappa shape index (κ2) is 7.59. The van der Waals surface area contributed by atoms with Gasteiger partial charge in [-0.05, 0) is 17.7 Å². The highest BCUT2D eigenvalue weighted by molar-refractivity contribution is 5.93. The number of benzene rings is 1. The van der Waals surface area contributed by atoms with E-state index < -0.39 is 5.97 Å². The number of carbonyl (C=O) groups is 2. The van der Waals surface area contributed by atoms with Gasteiger partial charge in [-0.1, -0.05) is 12.1 Å². The fourth-order valence-electron chi connectivity index (χ4n) is 1.39. The third-order valence-corrected chi connectivity index (χ3v) is 2.51. The fraction of sp³-hybridized carbons (Fsp3) is 0.214. The molecule has 0 aromatic heterocycles. The number of likely N-dealkylation sites (N-methyl/N-ethyl adjacent to an activating group) is 1. The van der Waals surface area contributed by atoms with E-state index in [1.54, 1.807) is 37.4 Å². The van der Waals surface area contributed by atoms with Gasteiger partial charge in [0.1, 0.15) is 6.07 Å². The van der Waals surface area contributed by atoms with Crippen LogP contribution in [0.15, 0.2) is 36.0 Å². The van der Waals surface area contributed by atoms with E-state index in [1.165, 1.54) is 13.3 Å². The Morgan fingerprint density at radius 1 is 1.35 bits per heavy atom. The van der Waals surface area contributed by atoms with Crippen molar-refractivity contribution in [1.82, 2.24) is 5.32 Å². The first-order chi connectivity index (χ1) is 9.60. The minimum atomic E-state index is -0.698. The molecule has 0 aliphatic carbocycles. The number of carbonyl (C=O) groups excluding carboxylic acids is 2. The smallest absolute Gasteiger partial charge is 0.350 e. The van der Waals surface area contributed by atoms with Crippen LogP contribution >= 0.6 is 0 Å². The molecule has 6 heteroatoms. The lowest BCUT2D eigenvalue weighted by Gasteiger charge is -2.04. The van der Waals surface area contributed by atoms with Crippen molar-refractivity contribution in [3.8, 4) is 6.07 Å². The summed E-state index contributed by atoms with van der Waals surface area (Å²) in [6, 6.07) is 8.82. The first kappa shape index (κ1) is 15.2. The van der Waals surface area contributed by atoms with Crippen LogP contribution in [0.3, 0.4) is 0 Å². The lowest BCUT2D eigenvalue weighted by Crippen LogP contribution is -2.19. The third-order valence-electron chi connectivity index (χ3n) is 2.51. The van der Waals surface area contributed by atoms with Gasteiger partial charge in [0.15, 0.2) is 5.57 Å². The quantitative estimate of drug-likeness (QED) is 0.474. The number of hydrogen-bond acceptors (Lipinski definition) is 5. The average molecular weight is 273 g/mol. The maximum atomic E-state index is 11.2. The first-order valence-corrected chi connectivity index (χ1v) is 5.85. The van der Waals surface area contributed by atoms with Crippen molar-refractivity contribution in [3.05, 3.63) is 41.6 Å². The second-order valence-electron chi connectivity index (χ2n) is 3.85. The summed E-state index contributed by atoms with van der Waals surface area (Å²) in [5.41, 5.74) is 1.44. The normalized spacial score (nSPS) is 10.3. The van der Waals surface area contributed by atoms with Crippen LogP contribution in [0.25, 0.3) is 0 Å². The molecule has 0 atom stereocenters. The molecule has 104 valence electrons. The van der Waals surface area contributed by atoms with E-state index in [-0.39, 0.29) is 11.5 Å². The maximum absolute atomic E-state index is 11.2. The third kappa shape index (κ3) is 4.46. The highest BCUT2D eigenvalue weighted by Crippen LogP contribution is 2.11. The molecule has 0 bridgehead atoms. The average Bonchev–Trinajstić information content (AvgIpc) is 2.48. The zero-order valence-corrected chi connectivity index (χ0v) is 11.3. The van der Waals surface area contributed by atoms with Crippen LogP contribution in [0.4, 0.5) is 5.69 Å². The first-order valence-electron chi connectivity index (χ1n) is 5.85. The van der Waals surface area contributed by atoms with Crippen molar-refractivity contribution in [1.29, 1.82) is 5.26 Å². The zero-order valence-electron chi connectivity index (χ0n) is 11.3. The van der Waals surface area contributed by atoms with Crippen LogP contribution in [-0.4, -0.2) is 26.0 Å². The summed E-state index contributed by atoms with van der Waals surface area (Å²) in [6.07, 6.45) is 1.58. The lowest BCUT2D eigenvalue weighted by molar-refractivity contribution is -0.135. The molecular weight excluding hydrogens is 258 g/mol. The van der Waals surface area contributed by atoms with Crippen LogP contribution < -0.4 is 10.6 Å². The van der Waals surface area contributed by atoms with Crippen LogP contribution in [0.1, 0.15) is 5.56 Å². The van der Waals surface area contributed by atoms with Crippen molar-refractivity contribution < 1.29 is 14.3 Å². The molecule has 0 heterocycles. The van der Waals surface area contributed by atoms with Gasteiger partial charge in [0.05, 0.1) is 13.5 Å². The lowest BCUT2D eigenvalue weighted by atomic mass is 10.1. The molecule has 0 saturated heterocycles. The number of methoxy groups -OCH3 is 1. The highest BCUT2D eigenvalue weighted by atomic mass is 16.5. The Morgan fingerprint density at radius 3 is 2.50 bits per heavy atom. The van der Waals surface area contributed by atoms with E-state index in [0.717, 1.165) is 5.56 Å². The SMILES string of the molecule is CNC(=O)Cc1ccc(N/C=C(/C#N)C(=O)OC)cc1. The number of esters is 1. The van der Waals surface area contributed by atoms with E-state index >= 15 is 0 Å². The van der Waals surface area contributed by atoms with Gasteiger partial charge in [-0.2, -0.15) is 5.26 Å². The number of anilines is 1. The molecule has 1 aromatic rings. The van der Waals surface area contributed by atoms with Crippen molar-refractivity contribution in [2.45, 2.75) is 6.42 Å². The van der Waals surface area contributed by atoms with Crippen molar-refractivity contribution >= 4 is 17.6 Å². The summed E-state index contributed by atoms with van der Waals surface area (Å²) >= 11 is 0.